The highest BCUT2D eigenvalue weighted by Gasteiger charge is 2.37. The third-order valence-corrected chi connectivity index (χ3v) is 19.4. The van der Waals surface area contributed by atoms with Gasteiger partial charge < -0.3 is 0 Å². The smallest absolute Gasteiger partial charge is 0.282 e. The van der Waals surface area contributed by atoms with Crippen molar-refractivity contribution in [3.05, 3.63) is 295 Å². The number of hydrogen-bond donors (Lipinski definition) is 3. The molecular weight excluding hydrogens is 1550 g/mol. The van der Waals surface area contributed by atoms with E-state index >= 15 is 0 Å². The SMILES string of the molecule is [C-]#[N+]c1ccc(-n2ncc(S(=O)(=O)O)c2-c2c(C)n(-c3cccc(C(F)(F)F)c3)c(=O)n(C)c2=O)cc1.[C-]#[N+]c1ccc(-n2ncc(S(=O)(=O)O)c2-c2c(C)n(-c3cccc(C(F)(F)F)c3)c(=O)n(C)c2=O)cc1.[C-]#[N+]c1ccc(-n2ncc(S(=O)(=O)O)c2-c2c(C)n(-c3cccc(C(F)(F)F)c3)c(=O)n(C)c2=O)cc1. The van der Waals surface area contributed by atoms with Gasteiger partial charge in [0.25, 0.3) is 47.0 Å². The summed E-state index contributed by atoms with van der Waals surface area (Å²) in [6, 6.07) is 28.5. The lowest BCUT2D eigenvalue weighted by Gasteiger charge is -2.18. The van der Waals surface area contributed by atoms with Gasteiger partial charge in [-0.25, -0.2) is 43.0 Å². The Labute approximate surface area is 617 Å². The fourth-order valence-electron chi connectivity index (χ4n) is 11.5. The van der Waals surface area contributed by atoms with Crippen LogP contribution in [0.2, 0.25) is 0 Å². The maximum absolute atomic E-state index is 13.3. The molecule has 0 aliphatic carbocycles. The molecule has 0 atom stereocenters. The lowest BCUT2D eigenvalue weighted by molar-refractivity contribution is -0.138. The van der Waals surface area contributed by atoms with Crippen LogP contribution in [0.3, 0.4) is 0 Å². The molecule has 0 radical (unpaired) electrons. The van der Waals surface area contributed by atoms with Crippen molar-refractivity contribution in [2.24, 2.45) is 21.1 Å². The van der Waals surface area contributed by atoms with Crippen LogP contribution in [0.15, 0.2) is 208 Å². The molecule has 12 aromatic rings. The molecule has 0 amide bonds. The van der Waals surface area contributed by atoms with E-state index in [9.17, 15) is 107 Å². The predicted octanol–water partition coefficient (Wildman–Crippen LogP) is 10.5. The van der Waals surface area contributed by atoms with E-state index in [1.54, 1.807) is 0 Å². The first kappa shape index (κ1) is 80.1. The van der Waals surface area contributed by atoms with E-state index in [4.69, 9.17) is 19.7 Å². The first-order valence-corrected chi connectivity index (χ1v) is 35.2. The van der Waals surface area contributed by atoms with Crippen molar-refractivity contribution >= 4 is 47.4 Å². The summed E-state index contributed by atoms with van der Waals surface area (Å²) in [6.07, 6.45) is -11.8. The molecule has 3 N–H and O–H groups in total. The fourth-order valence-corrected chi connectivity index (χ4v) is 13.3. The molecule has 0 spiro atoms. The van der Waals surface area contributed by atoms with Gasteiger partial charge in [0, 0.05) is 38.2 Å². The normalized spacial score (nSPS) is 11.9. The largest absolute Gasteiger partial charge is 0.416 e. The molecule has 0 fully saturated rings. The van der Waals surface area contributed by atoms with Gasteiger partial charge in [0.05, 0.1) is 106 Å². The van der Waals surface area contributed by atoms with Gasteiger partial charge in [-0.15, -0.1) is 0 Å². The van der Waals surface area contributed by atoms with Gasteiger partial charge in [-0.2, -0.15) is 80.1 Å². The van der Waals surface area contributed by atoms with E-state index in [2.05, 4.69) is 29.8 Å². The number of alkyl halides is 9. The molecule has 0 saturated carbocycles. The number of nitrogens with zero attached hydrogens (tertiary/aromatic N) is 15. The number of halogens is 9. The number of rotatable bonds is 12. The van der Waals surface area contributed by atoms with Crippen LogP contribution in [-0.4, -0.2) is 95.7 Å². The van der Waals surface area contributed by atoms with Crippen molar-refractivity contribution in [2.45, 2.75) is 54.0 Å². The van der Waals surface area contributed by atoms with E-state index in [1.807, 2.05) is 0 Å². The van der Waals surface area contributed by atoms with Crippen molar-refractivity contribution in [3.63, 3.8) is 0 Å². The van der Waals surface area contributed by atoms with Gasteiger partial charge in [-0.3, -0.25) is 55.4 Å². The highest BCUT2D eigenvalue weighted by molar-refractivity contribution is 7.86. The highest BCUT2D eigenvalue weighted by atomic mass is 32.2. The van der Waals surface area contributed by atoms with Gasteiger partial charge >= 0.3 is 35.6 Å². The van der Waals surface area contributed by atoms with Gasteiger partial charge in [0.1, 0.15) is 31.8 Å². The Kier molecular flexibility index (Phi) is 21.4. The third-order valence-electron chi connectivity index (χ3n) is 16.8. The van der Waals surface area contributed by atoms with E-state index in [-0.39, 0.29) is 68.3 Å². The van der Waals surface area contributed by atoms with Gasteiger partial charge in [-0.05, 0) is 112 Å². The Morgan fingerprint density at radius 1 is 0.351 bits per heavy atom. The highest BCUT2D eigenvalue weighted by Crippen LogP contribution is 2.38. The molecule has 6 aromatic heterocycles. The molecule has 570 valence electrons. The van der Waals surface area contributed by atoms with Crippen LogP contribution in [0.4, 0.5) is 56.6 Å². The second-order valence-electron chi connectivity index (χ2n) is 23.6. The molecule has 6 heterocycles. The lowest BCUT2D eigenvalue weighted by atomic mass is 10.1. The summed E-state index contributed by atoms with van der Waals surface area (Å²) in [5.41, 5.74) is -11.4. The number of hydrogen-bond acceptors (Lipinski definition) is 15. The molecule has 12 rings (SSSR count). The standard InChI is InChI=1S/3C23H16F3N5O5S/c3*1-13-19(20-18(37(34,35)36)12-28-31(20)16-9-7-15(27-2)8-10-16)21(32)29(3)22(33)30(13)17-6-4-5-14(11-17)23(24,25)26/h3*4-12H,1,3H3,(H,34,35,36). The average molecular weight is 1590 g/mol. The summed E-state index contributed by atoms with van der Waals surface area (Å²) < 4.78 is 230. The molecule has 0 aliphatic heterocycles. The number of benzene rings is 6. The first-order chi connectivity index (χ1) is 51.8. The van der Waals surface area contributed by atoms with Crippen LogP contribution in [0, 0.1) is 40.5 Å². The summed E-state index contributed by atoms with van der Waals surface area (Å²) in [6.45, 7) is 25.0. The van der Waals surface area contributed by atoms with Crippen LogP contribution in [0.5, 0.6) is 0 Å². The minimum absolute atomic E-state index is 0.197. The van der Waals surface area contributed by atoms with E-state index in [1.165, 1.54) is 112 Å². The van der Waals surface area contributed by atoms with Crippen LogP contribution in [0.1, 0.15) is 33.8 Å². The third kappa shape index (κ3) is 15.6. The van der Waals surface area contributed by atoms with Crippen molar-refractivity contribution in [1.29, 1.82) is 0 Å². The molecule has 30 nitrogen and oxygen atoms in total. The van der Waals surface area contributed by atoms with E-state index in [0.717, 1.165) is 104 Å². The summed E-state index contributed by atoms with van der Waals surface area (Å²) in [5.74, 6) is 0. The second kappa shape index (κ2) is 29.6. The summed E-state index contributed by atoms with van der Waals surface area (Å²) in [5, 5.41) is 12.0. The van der Waals surface area contributed by atoms with Crippen LogP contribution >= 0.6 is 0 Å². The average Bonchev–Trinajstić information content (AvgIpc) is 1.71. The van der Waals surface area contributed by atoms with Crippen molar-refractivity contribution in [1.82, 2.24) is 56.7 Å². The van der Waals surface area contributed by atoms with Crippen molar-refractivity contribution < 1.29 is 78.4 Å². The molecule has 0 bridgehead atoms. The first-order valence-electron chi connectivity index (χ1n) is 30.9. The minimum atomic E-state index is -4.96. The molecule has 6 aromatic carbocycles. The fraction of sp³-hybridized carbons (Fsp3) is 0.130. The Hall–Kier alpha value is -13.4. The van der Waals surface area contributed by atoms with Gasteiger partial charge in [0.15, 0.2) is 17.1 Å². The summed E-state index contributed by atoms with van der Waals surface area (Å²) in [7, 11) is -11.6. The Morgan fingerprint density at radius 3 is 0.757 bits per heavy atom. The zero-order chi connectivity index (χ0) is 81.9. The quantitative estimate of drug-likeness (QED) is 0.0581. The zero-order valence-electron chi connectivity index (χ0n) is 57.2. The summed E-state index contributed by atoms with van der Waals surface area (Å²) >= 11 is 0. The van der Waals surface area contributed by atoms with E-state index < -0.39 is 148 Å². The number of aromatic nitrogens is 12. The second-order valence-corrected chi connectivity index (χ2v) is 27.8. The molecule has 0 aliphatic rings. The minimum Gasteiger partial charge on any atom is -0.282 e. The Morgan fingerprint density at radius 2 is 0.568 bits per heavy atom. The van der Waals surface area contributed by atoms with Crippen molar-refractivity contribution in [2.75, 3.05) is 0 Å². The molecule has 0 saturated heterocycles. The molecule has 42 heteroatoms. The monoisotopic (exact) mass is 1590 g/mol. The maximum Gasteiger partial charge on any atom is 0.416 e. The van der Waals surface area contributed by atoms with E-state index in [0.29, 0.717) is 31.9 Å². The zero-order valence-corrected chi connectivity index (χ0v) is 59.6. The molecular formula is C69H48F9N15O15S3. The van der Waals surface area contributed by atoms with Gasteiger partial charge in [0.2, 0.25) is 0 Å². The predicted molar refractivity (Wildman–Crippen MR) is 377 cm³/mol. The van der Waals surface area contributed by atoms with Crippen LogP contribution in [-0.2, 0) is 70.0 Å². The lowest BCUT2D eigenvalue weighted by Crippen LogP contribution is -2.40. The van der Waals surface area contributed by atoms with Crippen molar-refractivity contribution in [3.8, 4) is 67.9 Å². The Bertz CT molecular complexity index is 6070. The van der Waals surface area contributed by atoms with Crippen LogP contribution < -0.4 is 33.7 Å². The summed E-state index contributed by atoms with van der Waals surface area (Å²) in [4.78, 5) is 86.4. The van der Waals surface area contributed by atoms with Crippen LogP contribution in [0.25, 0.3) is 82.4 Å². The molecule has 111 heavy (non-hydrogen) atoms. The maximum atomic E-state index is 13.3. The van der Waals surface area contributed by atoms with Gasteiger partial charge in [-0.1, -0.05) is 54.6 Å². The molecule has 0 unspecified atom stereocenters. The topological polar surface area (TPSA) is 362 Å². The Balaban J connectivity index is 0.000000177.